The zero-order valence-corrected chi connectivity index (χ0v) is 21.7. The summed E-state index contributed by atoms with van der Waals surface area (Å²) in [7, 11) is 0. The number of benzene rings is 1. The van der Waals surface area contributed by atoms with E-state index in [2.05, 4.69) is 18.4 Å². The van der Waals surface area contributed by atoms with Crippen molar-refractivity contribution in [2.45, 2.75) is 51.4 Å². The number of aliphatic hydroxyl groups is 1. The molecule has 0 saturated carbocycles. The molecule has 192 valence electrons. The summed E-state index contributed by atoms with van der Waals surface area (Å²) in [5.74, 6) is 0.866. The second-order valence-corrected chi connectivity index (χ2v) is 10.4. The van der Waals surface area contributed by atoms with E-state index in [4.69, 9.17) is 14.2 Å². The van der Waals surface area contributed by atoms with Gasteiger partial charge < -0.3 is 24.2 Å². The van der Waals surface area contributed by atoms with Gasteiger partial charge in [0, 0.05) is 37.7 Å². The Morgan fingerprint density at radius 2 is 2.14 bits per heavy atom. The van der Waals surface area contributed by atoms with Crippen molar-refractivity contribution in [3.8, 4) is 5.75 Å². The highest BCUT2D eigenvalue weighted by Gasteiger charge is 2.33. The molecule has 1 fully saturated rings. The Morgan fingerprint density at radius 1 is 1.31 bits per heavy atom. The second-order valence-electron chi connectivity index (χ2n) is 9.42. The number of aryl methyl sites for hydroxylation is 1. The summed E-state index contributed by atoms with van der Waals surface area (Å²) >= 11 is 1.75. The van der Waals surface area contributed by atoms with E-state index in [1.807, 2.05) is 41.0 Å². The third-order valence-electron chi connectivity index (χ3n) is 6.67. The van der Waals surface area contributed by atoms with Gasteiger partial charge in [0.1, 0.15) is 12.4 Å². The van der Waals surface area contributed by atoms with Crippen LogP contribution in [0.5, 0.6) is 5.75 Å². The molecule has 1 saturated heterocycles. The molecule has 3 unspecified atom stereocenters. The molecular formula is C27H38N2O5S. The van der Waals surface area contributed by atoms with E-state index >= 15 is 0 Å². The molecule has 0 radical (unpaired) electrons. The van der Waals surface area contributed by atoms with Crippen LogP contribution in [0.25, 0.3) is 0 Å². The van der Waals surface area contributed by atoms with Gasteiger partial charge in [0.05, 0.1) is 31.4 Å². The molecule has 3 atom stereocenters. The number of hydrogen-bond acceptors (Lipinski definition) is 7. The van der Waals surface area contributed by atoms with E-state index in [0.29, 0.717) is 32.8 Å². The summed E-state index contributed by atoms with van der Waals surface area (Å²) in [5, 5.41) is 12.6. The van der Waals surface area contributed by atoms with Crippen LogP contribution < -0.4 is 4.74 Å². The molecule has 2 aliphatic heterocycles. The average molecular weight is 503 g/mol. The molecule has 0 spiro atoms. The van der Waals surface area contributed by atoms with Crippen LogP contribution in [0.4, 0.5) is 0 Å². The Hall–Kier alpha value is -1.97. The van der Waals surface area contributed by atoms with Crippen LogP contribution in [-0.2, 0) is 20.7 Å². The van der Waals surface area contributed by atoms with Crippen molar-refractivity contribution < 1.29 is 24.1 Å². The summed E-state index contributed by atoms with van der Waals surface area (Å²) in [5.41, 5.74) is 2.37. The van der Waals surface area contributed by atoms with Crippen molar-refractivity contribution in [2.24, 2.45) is 0 Å². The summed E-state index contributed by atoms with van der Waals surface area (Å²) < 4.78 is 17.4. The summed E-state index contributed by atoms with van der Waals surface area (Å²) in [6.07, 6.45) is 2.35. The minimum Gasteiger partial charge on any atom is -0.491 e. The van der Waals surface area contributed by atoms with Crippen LogP contribution in [0.2, 0.25) is 0 Å². The fraction of sp³-hybridized carbons (Fsp3) is 0.593. The smallest absolute Gasteiger partial charge is 0.237 e. The molecule has 35 heavy (non-hydrogen) atoms. The van der Waals surface area contributed by atoms with Gasteiger partial charge in [-0.3, -0.25) is 9.69 Å². The van der Waals surface area contributed by atoms with Crippen molar-refractivity contribution in [3.05, 3.63) is 51.7 Å². The molecule has 1 aromatic carbocycles. The zero-order chi connectivity index (χ0) is 24.6. The lowest BCUT2D eigenvalue weighted by Gasteiger charge is -2.37. The zero-order valence-electron chi connectivity index (χ0n) is 20.9. The Balaban J connectivity index is 1.44. The number of rotatable bonds is 12. The standard InChI is InChI=1S/C27H38N2O5S/c1-3-32-18-21(30)15-28(16-23-5-4-13-33-23)17-27(31)29-12-10-26-24(11-14-35-26)25(29)19-34-22-8-6-20(2)7-9-22/h6-9,11,14,21,23,25,30H,3-5,10,12-13,15-19H2,1-2H3. The maximum Gasteiger partial charge on any atom is 0.237 e. The molecule has 0 aliphatic carbocycles. The fourth-order valence-electron chi connectivity index (χ4n) is 4.85. The minimum absolute atomic E-state index is 0.0564. The largest absolute Gasteiger partial charge is 0.491 e. The topological polar surface area (TPSA) is 71.5 Å². The van der Waals surface area contributed by atoms with Crippen molar-refractivity contribution in [2.75, 3.05) is 52.6 Å². The first-order valence-corrected chi connectivity index (χ1v) is 13.6. The fourth-order valence-corrected chi connectivity index (χ4v) is 5.78. The number of carbonyl (C=O) groups is 1. The van der Waals surface area contributed by atoms with E-state index < -0.39 is 6.10 Å². The van der Waals surface area contributed by atoms with Gasteiger partial charge in [0.2, 0.25) is 5.91 Å². The molecule has 3 heterocycles. The number of thiophene rings is 1. The molecule has 8 heteroatoms. The molecule has 0 bridgehead atoms. The Morgan fingerprint density at radius 3 is 2.89 bits per heavy atom. The molecule has 2 aliphatic rings. The maximum atomic E-state index is 13.7. The molecule has 4 rings (SSSR count). The molecule has 1 amide bonds. The summed E-state index contributed by atoms with van der Waals surface area (Å²) in [4.78, 5) is 19.0. The van der Waals surface area contributed by atoms with Crippen molar-refractivity contribution in [1.82, 2.24) is 9.80 Å². The number of hydrogen-bond donors (Lipinski definition) is 1. The Kier molecular flexibility index (Phi) is 9.57. The number of aliphatic hydroxyl groups excluding tert-OH is 1. The van der Waals surface area contributed by atoms with Gasteiger partial charge in [-0.05, 0) is 62.3 Å². The maximum absolute atomic E-state index is 13.7. The molecule has 1 N–H and O–H groups in total. The van der Waals surface area contributed by atoms with Crippen molar-refractivity contribution in [3.63, 3.8) is 0 Å². The normalized spacial score (nSPS) is 20.7. The number of ether oxygens (including phenoxy) is 3. The first kappa shape index (κ1) is 26.1. The molecular weight excluding hydrogens is 464 g/mol. The van der Waals surface area contributed by atoms with Crippen LogP contribution in [0, 0.1) is 6.92 Å². The Bertz CT molecular complexity index is 928. The van der Waals surface area contributed by atoms with E-state index in [1.54, 1.807) is 11.3 Å². The van der Waals surface area contributed by atoms with Crippen LogP contribution in [0.15, 0.2) is 35.7 Å². The summed E-state index contributed by atoms with van der Waals surface area (Å²) in [6.45, 7) is 7.89. The highest BCUT2D eigenvalue weighted by molar-refractivity contribution is 7.10. The highest BCUT2D eigenvalue weighted by Crippen LogP contribution is 2.34. The van der Waals surface area contributed by atoms with Gasteiger partial charge in [0.25, 0.3) is 0 Å². The molecule has 1 aromatic heterocycles. The predicted molar refractivity (Wildman–Crippen MR) is 137 cm³/mol. The second kappa shape index (κ2) is 12.8. The third-order valence-corrected chi connectivity index (χ3v) is 7.67. The van der Waals surface area contributed by atoms with Gasteiger partial charge in [-0.2, -0.15) is 0 Å². The van der Waals surface area contributed by atoms with E-state index in [-0.39, 0.29) is 31.2 Å². The number of nitrogens with zero attached hydrogens (tertiary/aromatic N) is 2. The third kappa shape index (κ3) is 7.27. The quantitative estimate of drug-likeness (QED) is 0.480. The minimum atomic E-state index is -0.644. The van der Waals surface area contributed by atoms with E-state index in [0.717, 1.165) is 31.6 Å². The number of carbonyl (C=O) groups excluding carboxylic acids is 1. The van der Waals surface area contributed by atoms with Crippen LogP contribution in [0.3, 0.4) is 0 Å². The first-order valence-electron chi connectivity index (χ1n) is 12.7. The van der Waals surface area contributed by atoms with Gasteiger partial charge in [0.15, 0.2) is 0 Å². The highest BCUT2D eigenvalue weighted by atomic mass is 32.1. The average Bonchev–Trinajstić information content (AvgIpc) is 3.54. The van der Waals surface area contributed by atoms with Gasteiger partial charge in [-0.1, -0.05) is 17.7 Å². The first-order chi connectivity index (χ1) is 17.0. The predicted octanol–water partition coefficient (Wildman–Crippen LogP) is 3.44. The molecule has 2 aromatic rings. The number of amides is 1. The van der Waals surface area contributed by atoms with Crippen molar-refractivity contribution in [1.29, 1.82) is 0 Å². The van der Waals surface area contributed by atoms with E-state index in [9.17, 15) is 9.90 Å². The lowest BCUT2D eigenvalue weighted by molar-refractivity contribution is -0.137. The molecule has 7 nitrogen and oxygen atoms in total. The van der Waals surface area contributed by atoms with Crippen LogP contribution in [-0.4, -0.2) is 85.6 Å². The lowest BCUT2D eigenvalue weighted by Crippen LogP contribution is -2.49. The van der Waals surface area contributed by atoms with Gasteiger partial charge >= 0.3 is 0 Å². The van der Waals surface area contributed by atoms with Crippen LogP contribution >= 0.6 is 11.3 Å². The SMILES string of the molecule is CCOCC(O)CN(CC(=O)N1CCc2sccc2C1COc1ccc(C)cc1)CC1CCCO1. The van der Waals surface area contributed by atoms with Gasteiger partial charge in [-0.15, -0.1) is 11.3 Å². The van der Waals surface area contributed by atoms with E-state index in [1.165, 1.54) is 16.0 Å². The monoisotopic (exact) mass is 502 g/mol. The van der Waals surface area contributed by atoms with Crippen LogP contribution in [0.1, 0.15) is 41.8 Å². The van der Waals surface area contributed by atoms with Gasteiger partial charge in [-0.25, -0.2) is 0 Å². The summed E-state index contributed by atoms with van der Waals surface area (Å²) in [6, 6.07) is 10.0. The lowest BCUT2D eigenvalue weighted by atomic mass is 10.0. The van der Waals surface area contributed by atoms with Crippen molar-refractivity contribution >= 4 is 17.2 Å². The number of fused-ring (bicyclic) bond motifs is 1. The Labute approximate surface area is 212 Å².